The standard InChI is InChI=1S/C12H13FN2O2/c1-17-11(16)5-3-8-9-6-7(13)2-4-10(9)15-12(8)14/h2,4,6,15H,3,5,14H2,1H3. The molecule has 0 amide bonds. The number of halogens is 1. The molecule has 2 rings (SSSR count). The molecule has 1 aromatic heterocycles. The number of hydrogen-bond donors (Lipinski definition) is 2. The molecule has 4 nitrogen and oxygen atoms in total. The Bertz CT molecular complexity index is 563. The molecule has 0 aliphatic heterocycles. The molecule has 90 valence electrons. The van der Waals surface area contributed by atoms with E-state index >= 15 is 0 Å². The number of hydrogen-bond acceptors (Lipinski definition) is 3. The highest BCUT2D eigenvalue weighted by Gasteiger charge is 2.11. The molecule has 0 atom stereocenters. The molecular formula is C12H13FN2O2. The first-order valence-corrected chi connectivity index (χ1v) is 5.24. The maximum atomic E-state index is 13.1. The van der Waals surface area contributed by atoms with Gasteiger partial charge in [-0.05, 0) is 24.6 Å². The number of nitrogens with two attached hydrogens (primary N) is 1. The van der Waals surface area contributed by atoms with Gasteiger partial charge in [-0.1, -0.05) is 0 Å². The molecule has 1 aromatic carbocycles. The number of ether oxygens (including phenoxy) is 1. The van der Waals surface area contributed by atoms with Gasteiger partial charge in [0, 0.05) is 22.9 Å². The molecule has 0 radical (unpaired) electrons. The lowest BCUT2D eigenvalue weighted by Crippen LogP contribution is -2.03. The maximum absolute atomic E-state index is 13.1. The van der Waals surface area contributed by atoms with E-state index in [0.29, 0.717) is 17.6 Å². The van der Waals surface area contributed by atoms with E-state index in [1.807, 2.05) is 0 Å². The molecule has 0 bridgehead atoms. The molecule has 0 unspecified atom stereocenters. The SMILES string of the molecule is COC(=O)CCc1c(N)[nH]c2ccc(F)cc12. The van der Waals surface area contributed by atoms with Gasteiger partial charge in [0.25, 0.3) is 0 Å². The fourth-order valence-corrected chi connectivity index (χ4v) is 1.84. The van der Waals surface area contributed by atoms with Gasteiger partial charge in [0.05, 0.1) is 7.11 Å². The highest BCUT2D eigenvalue weighted by Crippen LogP contribution is 2.26. The van der Waals surface area contributed by atoms with Crippen molar-refractivity contribution in [3.63, 3.8) is 0 Å². The van der Waals surface area contributed by atoms with Gasteiger partial charge in [-0.15, -0.1) is 0 Å². The first kappa shape index (κ1) is 11.4. The predicted molar refractivity (Wildman–Crippen MR) is 63.0 cm³/mol. The summed E-state index contributed by atoms with van der Waals surface area (Å²) >= 11 is 0. The number of fused-ring (bicyclic) bond motifs is 1. The Morgan fingerprint density at radius 2 is 2.29 bits per heavy atom. The number of carbonyl (C=O) groups excluding carboxylic acids is 1. The van der Waals surface area contributed by atoms with Crippen LogP contribution in [-0.2, 0) is 16.0 Å². The van der Waals surface area contributed by atoms with Gasteiger partial charge >= 0.3 is 5.97 Å². The molecule has 0 saturated carbocycles. The Morgan fingerprint density at radius 3 is 3.00 bits per heavy atom. The van der Waals surface area contributed by atoms with Gasteiger partial charge in [0.1, 0.15) is 11.6 Å². The van der Waals surface area contributed by atoms with Gasteiger partial charge in [-0.25, -0.2) is 4.39 Å². The van der Waals surface area contributed by atoms with Crippen LogP contribution in [0.3, 0.4) is 0 Å². The average Bonchev–Trinajstić information content (AvgIpc) is 2.61. The number of benzene rings is 1. The second kappa shape index (κ2) is 4.45. The minimum atomic E-state index is -0.323. The number of nitrogen functional groups attached to an aromatic ring is 1. The molecular weight excluding hydrogens is 223 g/mol. The molecule has 17 heavy (non-hydrogen) atoms. The van der Waals surface area contributed by atoms with Crippen LogP contribution in [0.15, 0.2) is 18.2 Å². The molecule has 0 spiro atoms. The van der Waals surface area contributed by atoms with E-state index in [1.54, 1.807) is 6.07 Å². The van der Waals surface area contributed by atoms with Crippen LogP contribution in [0.2, 0.25) is 0 Å². The topological polar surface area (TPSA) is 68.1 Å². The van der Waals surface area contributed by atoms with Crippen molar-refractivity contribution in [2.24, 2.45) is 0 Å². The Labute approximate surface area is 97.6 Å². The Kier molecular flexibility index (Phi) is 2.99. The molecule has 0 aliphatic rings. The van der Waals surface area contributed by atoms with Crippen molar-refractivity contribution in [3.8, 4) is 0 Å². The quantitative estimate of drug-likeness (QED) is 0.801. The van der Waals surface area contributed by atoms with Crippen LogP contribution >= 0.6 is 0 Å². The maximum Gasteiger partial charge on any atom is 0.305 e. The summed E-state index contributed by atoms with van der Waals surface area (Å²) in [6.45, 7) is 0. The number of aromatic amines is 1. The summed E-state index contributed by atoms with van der Waals surface area (Å²) < 4.78 is 17.7. The Balaban J connectivity index is 2.35. The Morgan fingerprint density at radius 1 is 1.53 bits per heavy atom. The van der Waals surface area contributed by atoms with Gasteiger partial charge in [0.2, 0.25) is 0 Å². The van der Waals surface area contributed by atoms with Crippen LogP contribution < -0.4 is 5.73 Å². The lowest BCUT2D eigenvalue weighted by molar-refractivity contribution is -0.140. The van der Waals surface area contributed by atoms with Gasteiger partial charge in [-0.2, -0.15) is 0 Å². The number of esters is 1. The lowest BCUT2D eigenvalue weighted by atomic mass is 10.1. The first-order chi connectivity index (χ1) is 8.11. The van der Waals surface area contributed by atoms with Crippen molar-refractivity contribution in [1.82, 2.24) is 4.98 Å². The van der Waals surface area contributed by atoms with Crippen LogP contribution in [0, 0.1) is 5.82 Å². The zero-order valence-corrected chi connectivity index (χ0v) is 9.42. The van der Waals surface area contributed by atoms with Crippen LogP contribution in [0.5, 0.6) is 0 Å². The normalized spacial score (nSPS) is 10.7. The van der Waals surface area contributed by atoms with Crippen LogP contribution in [-0.4, -0.2) is 18.1 Å². The van der Waals surface area contributed by atoms with E-state index < -0.39 is 0 Å². The summed E-state index contributed by atoms with van der Waals surface area (Å²) in [6.07, 6.45) is 0.659. The fourth-order valence-electron chi connectivity index (χ4n) is 1.84. The fraction of sp³-hybridized carbons (Fsp3) is 0.250. The molecule has 0 fully saturated rings. The predicted octanol–water partition coefficient (Wildman–Crippen LogP) is 1.99. The minimum absolute atomic E-state index is 0.226. The average molecular weight is 236 g/mol. The third-order valence-electron chi connectivity index (χ3n) is 2.71. The summed E-state index contributed by atoms with van der Waals surface area (Å²) in [5.41, 5.74) is 7.32. The number of H-pyrrole nitrogens is 1. The molecule has 0 aliphatic carbocycles. The highest BCUT2D eigenvalue weighted by molar-refractivity contribution is 5.88. The van der Waals surface area contributed by atoms with Crippen molar-refractivity contribution >= 4 is 22.7 Å². The minimum Gasteiger partial charge on any atom is -0.469 e. The monoisotopic (exact) mass is 236 g/mol. The number of nitrogens with one attached hydrogen (secondary N) is 1. The molecule has 5 heteroatoms. The number of anilines is 1. The third-order valence-corrected chi connectivity index (χ3v) is 2.71. The molecule has 1 heterocycles. The zero-order valence-electron chi connectivity index (χ0n) is 9.42. The van der Waals surface area contributed by atoms with E-state index in [0.717, 1.165) is 11.1 Å². The summed E-state index contributed by atoms with van der Waals surface area (Å²) in [4.78, 5) is 14.0. The number of aromatic nitrogens is 1. The second-order valence-corrected chi connectivity index (χ2v) is 3.78. The number of carbonyl (C=O) groups is 1. The van der Waals surface area contributed by atoms with Crippen molar-refractivity contribution in [3.05, 3.63) is 29.6 Å². The largest absolute Gasteiger partial charge is 0.469 e. The zero-order chi connectivity index (χ0) is 12.4. The van der Waals surface area contributed by atoms with E-state index in [-0.39, 0.29) is 18.2 Å². The number of rotatable bonds is 3. The lowest BCUT2D eigenvalue weighted by Gasteiger charge is -2.00. The summed E-state index contributed by atoms with van der Waals surface area (Å²) in [6, 6.07) is 4.40. The first-order valence-electron chi connectivity index (χ1n) is 5.24. The van der Waals surface area contributed by atoms with Crippen molar-refractivity contribution in [1.29, 1.82) is 0 Å². The van der Waals surface area contributed by atoms with Crippen molar-refractivity contribution in [2.75, 3.05) is 12.8 Å². The number of methoxy groups -OCH3 is 1. The van der Waals surface area contributed by atoms with Gasteiger partial charge in [0.15, 0.2) is 0 Å². The van der Waals surface area contributed by atoms with Crippen molar-refractivity contribution in [2.45, 2.75) is 12.8 Å². The van der Waals surface area contributed by atoms with Gasteiger partial charge < -0.3 is 15.5 Å². The summed E-state index contributed by atoms with van der Waals surface area (Å²) in [5, 5.41) is 0.714. The van der Waals surface area contributed by atoms with E-state index in [9.17, 15) is 9.18 Å². The van der Waals surface area contributed by atoms with Crippen LogP contribution in [0.4, 0.5) is 10.2 Å². The van der Waals surface area contributed by atoms with E-state index in [1.165, 1.54) is 19.2 Å². The van der Waals surface area contributed by atoms with Crippen LogP contribution in [0.25, 0.3) is 10.9 Å². The summed E-state index contributed by atoms with van der Waals surface area (Å²) in [7, 11) is 1.33. The molecule has 0 saturated heterocycles. The number of aryl methyl sites for hydroxylation is 1. The van der Waals surface area contributed by atoms with Crippen molar-refractivity contribution < 1.29 is 13.9 Å². The second-order valence-electron chi connectivity index (χ2n) is 3.78. The Hall–Kier alpha value is -2.04. The summed E-state index contributed by atoms with van der Waals surface area (Å²) in [5.74, 6) is -0.166. The van der Waals surface area contributed by atoms with E-state index in [2.05, 4.69) is 9.72 Å². The highest BCUT2D eigenvalue weighted by atomic mass is 19.1. The smallest absolute Gasteiger partial charge is 0.305 e. The van der Waals surface area contributed by atoms with E-state index in [4.69, 9.17) is 5.73 Å². The molecule has 3 N–H and O–H groups in total. The van der Waals surface area contributed by atoms with Crippen LogP contribution in [0.1, 0.15) is 12.0 Å². The third kappa shape index (κ3) is 2.22. The van der Waals surface area contributed by atoms with Gasteiger partial charge in [-0.3, -0.25) is 4.79 Å². The molecule has 2 aromatic rings.